The molecule has 1 aromatic rings. The Balaban J connectivity index is 1.29. The molecule has 0 bridgehead atoms. The molecular formula is C18H27N3O2S. The minimum atomic E-state index is 0.110. The topological polar surface area (TPSA) is 54.5 Å². The Morgan fingerprint density at radius 3 is 2.62 bits per heavy atom. The van der Waals surface area contributed by atoms with E-state index >= 15 is 0 Å². The fraction of sp³-hybridized carbons (Fsp3) is 0.778. The zero-order valence-corrected chi connectivity index (χ0v) is 15.1. The van der Waals surface area contributed by atoms with Crippen LogP contribution in [0.3, 0.4) is 0 Å². The van der Waals surface area contributed by atoms with Crippen LogP contribution in [0.1, 0.15) is 60.0 Å². The number of hydrogen-bond acceptors (Lipinski definition) is 4. The number of carbonyl (C=O) groups excluding carboxylic acids is 1. The maximum atomic E-state index is 12.4. The third-order valence-corrected chi connectivity index (χ3v) is 6.86. The maximum absolute atomic E-state index is 12.4. The van der Waals surface area contributed by atoms with Crippen LogP contribution in [-0.2, 0) is 17.6 Å². The summed E-state index contributed by atoms with van der Waals surface area (Å²) in [6.45, 7) is 3.23. The van der Waals surface area contributed by atoms with Gasteiger partial charge < -0.3 is 15.0 Å². The lowest BCUT2D eigenvalue weighted by Gasteiger charge is -2.33. The quantitative estimate of drug-likeness (QED) is 0.893. The number of nitrogens with one attached hydrogen (secondary N) is 1. The van der Waals surface area contributed by atoms with Gasteiger partial charge in [0.25, 0.3) is 0 Å². The first-order valence-electron chi connectivity index (χ1n) is 9.41. The lowest BCUT2D eigenvalue weighted by Crippen LogP contribution is -2.48. The normalized spacial score (nSPS) is 23.1. The van der Waals surface area contributed by atoms with Gasteiger partial charge in [0.05, 0.1) is 10.7 Å². The number of carbonyl (C=O) groups is 1. The summed E-state index contributed by atoms with van der Waals surface area (Å²) in [6, 6.07) is 0.397. The van der Waals surface area contributed by atoms with Crippen LogP contribution in [0, 0.1) is 0 Å². The Morgan fingerprint density at radius 2 is 1.88 bits per heavy atom. The van der Waals surface area contributed by atoms with Crippen LogP contribution in [0.2, 0.25) is 0 Å². The molecule has 6 heteroatoms. The van der Waals surface area contributed by atoms with Crippen molar-refractivity contribution in [3.8, 4) is 0 Å². The second-order valence-corrected chi connectivity index (χ2v) is 8.34. The van der Waals surface area contributed by atoms with Crippen molar-refractivity contribution in [3.05, 3.63) is 15.6 Å². The Labute approximate surface area is 147 Å². The highest BCUT2D eigenvalue weighted by Gasteiger charge is 2.28. The molecule has 2 fully saturated rings. The molecule has 24 heavy (non-hydrogen) atoms. The molecule has 2 amide bonds. The predicted octanol–water partition coefficient (Wildman–Crippen LogP) is 3.09. The van der Waals surface area contributed by atoms with E-state index in [-0.39, 0.29) is 12.1 Å². The Morgan fingerprint density at radius 1 is 1.12 bits per heavy atom. The van der Waals surface area contributed by atoms with Gasteiger partial charge in [0.2, 0.25) is 0 Å². The maximum Gasteiger partial charge on any atom is 0.317 e. The van der Waals surface area contributed by atoms with Gasteiger partial charge in [-0.05, 0) is 51.4 Å². The number of hydrogen-bond donors (Lipinski definition) is 1. The Hall–Kier alpha value is -1.14. The average Bonchev–Trinajstić information content (AvgIpc) is 3.07. The number of urea groups is 1. The molecule has 0 unspecified atom stereocenters. The molecule has 1 N–H and O–H groups in total. The van der Waals surface area contributed by atoms with Crippen molar-refractivity contribution in [2.75, 3.05) is 26.3 Å². The van der Waals surface area contributed by atoms with Gasteiger partial charge in [-0.15, -0.1) is 11.3 Å². The van der Waals surface area contributed by atoms with E-state index in [1.807, 2.05) is 16.2 Å². The summed E-state index contributed by atoms with van der Waals surface area (Å²) in [7, 11) is 0. The average molecular weight is 350 g/mol. The molecule has 2 aliphatic heterocycles. The molecule has 0 radical (unpaired) electrons. The van der Waals surface area contributed by atoms with Crippen molar-refractivity contribution < 1.29 is 9.53 Å². The number of piperidine rings is 1. The van der Waals surface area contributed by atoms with E-state index in [4.69, 9.17) is 9.72 Å². The summed E-state index contributed by atoms with van der Waals surface area (Å²) in [5.41, 5.74) is 1.36. The number of nitrogens with zero attached hydrogens (tertiary/aromatic N) is 2. The van der Waals surface area contributed by atoms with Gasteiger partial charge in [0.15, 0.2) is 0 Å². The predicted molar refractivity (Wildman–Crippen MR) is 94.7 cm³/mol. The third kappa shape index (κ3) is 3.59. The van der Waals surface area contributed by atoms with Crippen molar-refractivity contribution in [2.24, 2.45) is 0 Å². The molecule has 0 aromatic carbocycles. The van der Waals surface area contributed by atoms with Gasteiger partial charge in [0.1, 0.15) is 0 Å². The van der Waals surface area contributed by atoms with Crippen molar-refractivity contribution in [1.82, 2.24) is 15.2 Å². The van der Waals surface area contributed by atoms with Gasteiger partial charge in [-0.25, -0.2) is 9.78 Å². The minimum absolute atomic E-state index is 0.110. The SMILES string of the molecule is O=C(NC1CCOCC1)N1CCC(c2nc3c(s2)CCCC3)CC1. The highest BCUT2D eigenvalue weighted by atomic mass is 32.1. The number of thiazole rings is 1. The first kappa shape index (κ1) is 16.3. The summed E-state index contributed by atoms with van der Waals surface area (Å²) < 4.78 is 5.35. The second-order valence-electron chi connectivity index (χ2n) is 7.23. The molecule has 0 atom stereocenters. The molecular weight excluding hydrogens is 322 g/mol. The molecule has 5 nitrogen and oxygen atoms in total. The zero-order chi connectivity index (χ0) is 16.4. The van der Waals surface area contributed by atoms with Crippen LogP contribution >= 0.6 is 11.3 Å². The minimum Gasteiger partial charge on any atom is -0.381 e. The van der Waals surface area contributed by atoms with Gasteiger partial charge in [0, 0.05) is 43.1 Å². The van der Waals surface area contributed by atoms with Gasteiger partial charge >= 0.3 is 6.03 Å². The molecule has 1 aliphatic carbocycles. The standard InChI is InChI=1S/C18H27N3O2S/c22-18(19-14-7-11-23-12-8-14)21-9-5-13(6-10-21)17-20-15-3-1-2-4-16(15)24-17/h13-14H,1-12H2,(H,19,22). The van der Waals surface area contributed by atoms with E-state index in [0.29, 0.717) is 5.92 Å². The van der Waals surface area contributed by atoms with Gasteiger partial charge in [-0.1, -0.05) is 0 Å². The van der Waals surface area contributed by atoms with Crippen LogP contribution < -0.4 is 5.32 Å². The summed E-state index contributed by atoms with van der Waals surface area (Å²) in [6.07, 6.45) is 8.97. The first-order chi connectivity index (χ1) is 11.8. The Kier molecular flexibility index (Phi) is 5.03. The highest BCUT2D eigenvalue weighted by Crippen LogP contribution is 2.35. The summed E-state index contributed by atoms with van der Waals surface area (Å²) in [5, 5.41) is 4.50. The van der Waals surface area contributed by atoms with E-state index in [9.17, 15) is 4.79 Å². The number of aryl methyl sites for hydroxylation is 2. The second kappa shape index (κ2) is 7.40. The zero-order valence-electron chi connectivity index (χ0n) is 14.3. The summed E-state index contributed by atoms with van der Waals surface area (Å²) in [4.78, 5) is 20.9. The molecule has 1 aromatic heterocycles. The van der Waals surface area contributed by atoms with Crippen LogP contribution in [0.5, 0.6) is 0 Å². The van der Waals surface area contributed by atoms with Crippen LogP contribution in [0.15, 0.2) is 0 Å². The first-order valence-corrected chi connectivity index (χ1v) is 10.2. The molecule has 3 heterocycles. The molecule has 4 rings (SSSR count). The van der Waals surface area contributed by atoms with Crippen molar-refractivity contribution in [3.63, 3.8) is 0 Å². The lowest BCUT2D eigenvalue weighted by molar-refractivity contribution is 0.0775. The van der Waals surface area contributed by atoms with Crippen LogP contribution in [0.25, 0.3) is 0 Å². The van der Waals surface area contributed by atoms with E-state index in [1.54, 1.807) is 0 Å². The van der Waals surface area contributed by atoms with Crippen molar-refractivity contribution >= 4 is 17.4 Å². The summed E-state index contributed by atoms with van der Waals surface area (Å²) >= 11 is 1.94. The fourth-order valence-electron chi connectivity index (χ4n) is 3.98. The number of likely N-dealkylation sites (tertiary alicyclic amines) is 1. The number of amides is 2. The van der Waals surface area contributed by atoms with E-state index in [1.165, 1.54) is 34.8 Å². The van der Waals surface area contributed by atoms with Gasteiger partial charge in [-0.2, -0.15) is 0 Å². The molecule has 3 aliphatic rings. The largest absolute Gasteiger partial charge is 0.381 e. The highest BCUT2D eigenvalue weighted by molar-refractivity contribution is 7.11. The third-order valence-electron chi connectivity index (χ3n) is 5.54. The fourth-order valence-corrected chi connectivity index (χ4v) is 5.31. The number of ether oxygens (including phenoxy) is 1. The van der Waals surface area contributed by atoms with E-state index in [2.05, 4.69) is 5.32 Å². The van der Waals surface area contributed by atoms with Crippen molar-refractivity contribution in [2.45, 2.75) is 63.3 Å². The number of aromatic nitrogens is 1. The Bertz CT molecular complexity index is 551. The molecule has 2 saturated heterocycles. The smallest absolute Gasteiger partial charge is 0.317 e. The lowest BCUT2D eigenvalue weighted by atomic mass is 9.97. The van der Waals surface area contributed by atoms with Crippen LogP contribution in [-0.4, -0.2) is 48.3 Å². The number of fused-ring (bicyclic) bond motifs is 1. The van der Waals surface area contributed by atoms with E-state index in [0.717, 1.165) is 58.4 Å². The monoisotopic (exact) mass is 349 g/mol. The molecule has 0 saturated carbocycles. The van der Waals surface area contributed by atoms with Gasteiger partial charge in [-0.3, -0.25) is 0 Å². The molecule has 0 spiro atoms. The van der Waals surface area contributed by atoms with Crippen molar-refractivity contribution in [1.29, 1.82) is 0 Å². The van der Waals surface area contributed by atoms with Crippen LogP contribution in [0.4, 0.5) is 4.79 Å². The summed E-state index contributed by atoms with van der Waals surface area (Å²) in [5.74, 6) is 0.549. The molecule has 132 valence electrons. The van der Waals surface area contributed by atoms with E-state index < -0.39 is 0 Å². The number of rotatable bonds is 2.